The number of nitrogens with one attached hydrogen (secondary N) is 2. The van der Waals surface area contributed by atoms with Crippen LogP contribution in [0.5, 0.6) is 0 Å². The topological polar surface area (TPSA) is 57.3 Å². The van der Waals surface area contributed by atoms with Crippen LogP contribution in [0.1, 0.15) is 30.0 Å². The van der Waals surface area contributed by atoms with Crippen molar-refractivity contribution in [3.63, 3.8) is 0 Å². The van der Waals surface area contributed by atoms with Gasteiger partial charge >= 0.3 is 6.03 Å². The lowest BCUT2D eigenvalue weighted by atomic mass is 9.93. The molecule has 3 heterocycles. The molecule has 2 N–H and O–H groups in total. The lowest BCUT2D eigenvalue weighted by Gasteiger charge is -2.37. The van der Waals surface area contributed by atoms with Crippen LogP contribution in [-0.2, 0) is 6.42 Å². The van der Waals surface area contributed by atoms with Gasteiger partial charge in [-0.3, -0.25) is 0 Å². The highest BCUT2D eigenvalue weighted by Gasteiger charge is 2.45. The normalized spacial score (nSPS) is 20.4. The zero-order chi connectivity index (χ0) is 19.3. The van der Waals surface area contributed by atoms with Crippen LogP contribution in [-0.4, -0.2) is 29.0 Å². The summed E-state index contributed by atoms with van der Waals surface area (Å²) >= 11 is 11.7. The molecule has 1 saturated heterocycles. The fourth-order valence-electron chi connectivity index (χ4n) is 4.02. The van der Waals surface area contributed by atoms with Crippen LogP contribution in [0.25, 0.3) is 0 Å². The lowest BCUT2D eigenvalue weighted by Crippen LogP contribution is -2.44. The van der Waals surface area contributed by atoms with Gasteiger partial charge in [0, 0.05) is 24.2 Å². The number of urea groups is 1. The molecule has 27 heavy (non-hydrogen) atoms. The molecule has 0 saturated carbocycles. The van der Waals surface area contributed by atoms with Gasteiger partial charge in [-0.1, -0.05) is 23.2 Å². The maximum Gasteiger partial charge on any atom is 0.322 e. The Morgan fingerprint density at radius 3 is 2.70 bits per heavy atom. The third kappa shape index (κ3) is 2.99. The van der Waals surface area contributed by atoms with Gasteiger partial charge in [-0.15, -0.1) is 0 Å². The molecular weight excluding hydrogens is 397 g/mol. The third-order valence-electron chi connectivity index (χ3n) is 5.20. The predicted molar refractivity (Wildman–Crippen MR) is 100 cm³/mol. The summed E-state index contributed by atoms with van der Waals surface area (Å²) in [4.78, 5) is 18.4. The van der Waals surface area contributed by atoms with Crippen LogP contribution >= 0.6 is 23.2 Å². The van der Waals surface area contributed by atoms with Gasteiger partial charge in [0.05, 0.1) is 33.7 Å². The molecule has 2 bridgehead atoms. The number of rotatable bonds is 2. The minimum absolute atomic E-state index is 0.0469. The number of pyridine rings is 1. The summed E-state index contributed by atoms with van der Waals surface area (Å²) in [5.41, 5.74) is 1.92. The highest BCUT2D eigenvalue weighted by molar-refractivity contribution is 6.42. The van der Waals surface area contributed by atoms with Crippen LogP contribution in [0.15, 0.2) is 18.3 Å². The van der Waals surface area contributed by atoms with Crippen molar-refractivity contribution in [2.45, 2.75) is 31.3 Å². The van der Waals surface area contributed by atoms with Crippen molar-refractivity contribution in [3.05, 3.63) is 51.3 Å². The molecule has 4 rings (SSSR count). The summed E-state index contributed by atoms with van der Waals surface area (Å²) in [5, 5.41) is 5.80. The first kappa shape index (κ1) is 18.3. The number of amides is 2. The number of halogens is 4. The second kappa shape index (κ2) is 6.80. The molecule has 2 aliphatic rings. The highest BCUT2D eigenvalue weighted by atomic mass is 35.5. The van der Waals surface area contributed by atoms with Crippen molar-refractivity contribution in [2.24, 2.45) is 0 Å². The largest absolute Gasteiger partial charge is 0.387 e. The van der Waals surface area contributed by atoms with Crippen LogP contribution in [0.4, 0.5) is 25.0 Å². The van der Waals surface area contributed by atoms with E-state index in [-0.39, 0.29) is 27.8 Å². The first-order chi connectivity index (χ1) is 12.9. The molecule has 1 aromatic heterocycles. The van der Waals surface area contributed by atoms with E-state index in [1.807, 2.05) is 0 Å². The first-order valence-corrected chi connectivity index (χ1v) is 9.25. The van der Waals surface area contributed by atoms with Gasteiger partial charge in [0.1, 0.15) is 5.82 Å². The van der Waals surface area contributed by atoms with Gasteiger partial charge in [0.15, 0.2) is 0 Å². The number of aromatic nitrogens is 1. The van der Waals surface area contributed by atoms with Gasteiger partial charge < -0.3 is 15.5 Å². The quantitative estimate of drug-likeness (QED) is 0.538. The van der Waals surface area contributed by atoms with E-state index < -0.39 is 17.8 Å². The Balaban J connectivity index is 1.67. The highest BCUT2D eigenvalue weighted by Crippen LogP contribution is 2.47. The van der Waals surface area contributed by atoms with Crippen molar-refractivity contribution in [2.75, 3.05) is 17.7 Å². The fraction of sp³-hybridized carbons (Fsp3) is 0.333. The van der Waals surface area contributed by atoms with E-state index in [4.69, 9.17) is 23.2 Å². The third-order valence-corrected chi connectivity index (χ3v) is 5.92. The summed E-state index contributed by atoms with van der Waals surface area (Å²) in [6, 6.07) is 1.41. The van der Waals surface area contributed by atoms with E-state index >= 15 is 0 Å². The SMILES string of the molecule is CNc1cnc(F)c2c1[C@H]1CC[C@@H](C2)N1C(=O)Nc1cc(Cl)c(Cl)cc1F. The number of benzene rings is 1. The molecule has 0 unspecified atom stereocenters. The second-order valence-corrected chi connectivity index (χ2v) is 7.45. The molecule has 142 valence electrons. The summed E-state index contributed by atoms with van der Waals surface area (Å²) in [7, 11) is 1.73. The smallest absolute Gasteiger partial charge is 0.322 e. The van der Waals surface area contributed by atoms with Crippen LogP contribution < -0.4 is 10.6 Å². The summed E-state index contributed by atoms with van der Waals surface area (Å²) in [5.74, 6) is -1.18. The first-order valence-electron chi connectivity index (χ1n) is 8.49. The van der Waals surface area contributed by atoms with E-state index in [1.54, 1.807) is 11.9 Å². The van der Waals surface area contributed by atoms with Crippen molar-refractivity contribution >= 4 is 40.6 Å². The van der Waals surface area contributed by atoms with Crippen LogP contribution in [0.2, 0.25) is 10.0 Å². The molecule has 1 fully saturated rings. The molecule has 2 aromatic rings. The van der Waals surface area contributed by atoms with Gasteiger partial charge in [0.25, 0.3) is 0 Å². The van der Waals surface area contributed by atoms with Gasteiger partial charge in [-0.25, -0.2) is 14.2 Å². The second-order valence-electron chi connectivity index (χ2n) is 6.64. The van der Waals surface area contributed by atoms with Crippen LogP contribution in [0, 0.1) is 11.8 Å². The number of anilines is 2. The molecule has 2 atom stereocenters. The Morgan fingerprint density at radius 2 is 1.96 bits per heavy atom. The number of hydrogen-bond acceptors (Lipinski definition) is 3. The lowest BCUT2D eigenvalue weighted by molar-refractivity contribution is 0.178. The van der Waals surface area contributed by atoms with E-state index in [0.717, 1.165) is 18.1 Å². The fourth-order valence-corrected chi connectivity index (χ4v) is 4.34. The van der Waals surface area contributed by atoms with E-state index in [1.165, 1.54) is 12.3 Å². The van der Waals surface area contributed by atoms with Crippen LogP contribution in [0.3, 0.4) is 0 Å². The standard InChI is InChI=1S/C18H16Cl2F2N4O/c1-23-14-7-24-17(22)9-4-8-2-3-15(16(9)14)26(8)18(27)25-13-6-11(20)10(19)5-12(13)21/h5-8,15,23H,2-4H2,1H3,(H,25,27)/t8-,15+/m0/s1. The average Bonchev–Trinajstić information content (AvgIpc) is 2.95. The minimum Gasteiger partial charge on any atom is -0.387 e. The summed E-state index contributed by atoms with van der Waals surface area (Å²) in [6.45, 7) is 0. The maximum atomic E-state index is 14.2. The monoisotopic (exact) mass is 412 g/mol. The zero-order valence-corrected chi connectivity index (χ0v) is 15.8. The van der Waals surface area contributed by atoms with Gasteiger partial charge in [-0.05, 0) is 31.4 Å². The summed E-state index contributed by atoms with van der Waals surface area (Å²) in [6.07, 6.45) is 3.24. The number of fused-ring (bicyclic) bond motifs is 4. The van der Waals surface area contributed by atoms with Crippen molar-refractivity contribution < 1.29 is 13.6 Å². The van der Waals surface area contributed by atoms with Crippen molar-refractivity contribution in [1.29, 1.82) is 0 Å². The Bertz CT molecular complexity index is 940. The van der Waals surface area contributed by atoms with Gasteiger partial charge in [-0.2, -0.15) is 4.39 Å². The molecule has 2 aliphatic heterocycles. The minimum atomic E-state index is -0.673. The molecule has 0 spiro atoms. The molecule has 2 amide bonds. The molecule has 5 nitrogen and oxygen atoms in total. The van der Waals surface area contributed by atoms with E-state index in [9.17, 15) is 13.6 Å². The molecule has 0 aliphatic carbocycles. The van der Waals surface area contributed by atoms with Crippen molar-refractivity contribution in [3.8, 4) is 0 Å². The van der Waals surface area contributed by atoms with E-state index in [0.29, 0.717) is 24.1 Å². The number of carbonyl (C=O) groups is 1. The number of hydrogen-bond donors (Lipinski definition) is 2. The number of nitrogens with zero attached hydrogens (tertiary/aromatic N) is 2. The molecule has 0 radical (unpaired) electrons. The average molecular weight is 413 g/mol. The predicted octanol–water partition coefficient (Wildman–Crippen LogP) is 5.00. The molecule has 9 heteroatoms. The number of carbonyl (C=O) groups excluding carboxylic acids is 1. The Morgan fingerprint density at radius 1 is 1.22 bits per heavy atom. The zero-order valence-electron chi connectivity index (χ0n) is 14.3. The van der Waals surface area contributed by atoms with E-state index in [2.05, 4.69) is 15.6 Å². The molecule has 1 aromatic carbocycles. The Hall–Kier alpha value is -2.12. The van der Waals surface area contributed by atoms with Gasteiger partial charge in [0.2, 0.25) is 5.95 Å². The molecular formula is C18H16Cl2F2N4O. The summed E-state index contributed by atoms with van der Waals surface area (Å²) < 4.78 is 28.4. The Kier molecular flexibility index (Phi) is 4.60. The maximum absolute atomic E-state index is 14.2. The van der Waals surface area contributed by atoms with Crippen molar-refractivity contribution in [1.82, 2.24) is 9.88 Å². The Labute approximate surface area is 164 Å².